The lowest BCUT2D eigenvalue weighted by molar-refractivity contribution is 0.630. The smallest absolute Gasteiger partial charge is 0.283 e. The first-order chi connectivity index (χ1) is 12.3. The van der Waals surface area contributed by atoms with Gasteiger partial charge in [-0.05, 0) is 12.0 Å². The fraction of sp³-hybridized carbons (Fsp3) is 0.111. The molecule has 0 spiro atoms. The van der Waals surface area contributed by atoms with Crippen molar-refractivity contribution >= 4 is 27.6 Å². The summed E-state index contributed by atoms with van der Waals surface area (Å²) in [5, 5.41) is 9.85. The van der Waals surface area contributed by atoms with Crippen LogP contribution in [-0.4, -0.2) is 29.4 Å². The lowest BCUT2D eigenvalue weighted by Gasteiger charge is -2.05. The number of pyridine rings is 1. The van der Waals surface area contributed by atoms with Gasteiger partial charge in [0.15, 0.2) is 5.65 Å². The minimum atomic E-state index is -0.180. The van der Waals surface area contributed by atoms with E-state index in [0.29, 0.717) is 11.0 Å². The third-order valence-electron chi connectivity index (χ3n) is 4.44. The van der Waals surface area contributed by atoms with Gasteiger partial charge in [0, 0.05) is 18.8 Å². The van der Waals surface area contributed by atoms with Crippen molar-refractivity contribution in [1.29, 1.82) is 0 Å². The van der Waals surface area contributed by atoms with Gasteiger partial charge in [0.1, 0.15) is 5.65 Å². The molecule has 1 N–H and O–H groups in total. The molecule has 25 heavy (non-hydrogen) atoms. The average Bonchev–Trinajstić information content (AvgIpc) is 3.28. The van der Waals surface area contributed by atoms with Crippen LogP contribution in [0.3, 0.4) is 0 Å². The van der Waals surface area contributed by atoms with Gasteiger partial charge < -0.3 is 4.98 Å². The summed E-state index contributed by atoms with van der Waals surface area (Å²) in [5.41, 5.74) is 3.24. The predicted octanol–water partition coefficient (Wildman–Crippen LogP) is 2.16. The van der Waals surface area contributed by atoms with Gasteiger partial charge in [-0.2, -0.15) is 14.7 Å². The van der Waals surface area contributed by atoms with E-state index in [1.54, 1.807) is 24.7 Å². The highest BCUT2D eigenvalue weighted by molar-refractivity contribution is 6.01. The number of aryl methyl sites for hydroxylation is 2. The Morgan fingerprint density at radius 2 is 1.88 bits per heavy atom. The average molecular weight is 330 g/mol. The lowest BCUT2D eigenvalue weighted by atomic mass is 10.1. The number of nitrogens with zero attached hydrogens (tertiary/aromatic N) is 5. The Balaban J connectivity index is 1.64. The molecule has 0 radical (unpaired) electrons. The van der Waals surface area contributed by atoms with Crippen molar-refractivity contribution in [2.75, 3.05) is 0 Å². The Kier molecular flexibility index (Phi) is 2.93. The third kappa shape index (κ3) is 2.13. The van der Waals surface area contributed by atoms with Gasteiger partial charge in [0.25, 0.3) is 5.56 Å². The molecular weight excluding hydrogens is 316 g/mol. The summed E-state index contributed by atoms with van der Waals surface area (Å²) in [4.78, 5) is 20.3. The van der Waals surface area contributed by atoms with Crippen LogP contribution in [0, 0.1) is 0 Å². The Morgan fingerprint density at radius 3 is 2.76 bits per heavy atom. The van der Waals surface area contributed by atoms with Crippen molar-refractivity contribution < 1.29 is 0 Å². The van der Waals surface area contributed by atoms with Crippen LogP contribution in [0.15, 0.2) is 59.8 Å². The lowest BCUT2D eigenvalue weighted by Crippen LogP contribution is -2.15. The van der Waals surface area contributed by atoms with Crippen LogP contribution < -0.4 is 5.56 Å². The second kappa shape index (κ2) is 5.27. The topological polar surface area (TPSA) is 80.9 Å². The molecule has 0 amide bonds. The maximum Gasteiger partial charge on any atom is 0.283 e. The van der Waals surface area contributed by atoms with Gasteiger partial charge in [-0.3, -0.25) is 4.79 Å². The molecule has 0 aliphatic carbocycles. The summed E-state index contributed by atoms with van der Waals surface area (Å²) >= 11 is 0. The fourth-order valence-corrected chi connectivity index (χ4v) is 3.17. The largest absolute Gasteiger partial charge is 0.339 e. The van der Waals surface area contributed by atoms with Crippen molar-refractivity contribution in [3.8, 4) is 0 Å². The van der Waals surface area contributed by atoms with Gasteiger partial charge in [0.05, 0.1) is 28.7 Å². The van der Waals surface area contributed by atoms with Crippen LogP contribution >= 0.6 is 0 Å². The zero-order valence-electron chi connectivity index (χ0n) is 13.3. The molecule has 0 atom stereocenters. The number of benzene rings is 1. The van der Waals surface area contributed by atoms with E-state index in [1.807, 2.05) is 22.9 Å². The standard InChI is InChI=1S/C18H14N6O/c25-18-14-10-19-17-13(16(14)22-15-6-8-20-24(15)18)11-21-23(17)9-7-12-4-2-1-3-5-12/h1-6,8,10-11,22H,7,9H2. The molecule has 4 heterocycles. The van der Waals surface area contributed by atoms with E-state index in [4.69, 9.17) is 0 Å². The predicted molar refractivity (Wildman–Crippen MR) is 94.6 cm³/mol. The zero-order chi connectivity index (χ0) is 16.8. The van der Waals surface area contributed by atoms with E-state index < -0.39 is 0 Å². The normalized spacial score (nSPS) is 11.7. The Labute approximate surface area is 141 Å². The van der Waals surface area contributed by atoms with Crippen LogP contribution in [0.5, 0.6) is 0 Å². The summed E-state index contributed by atoms with van der Waals surface area (Å²) in [6, 6.07) is 12.0. The molecule has 122 valence electrons. The van der Waals surface area contributed by atoms with E-state index in [9.17, 15) is 4.79 Å². The molecule has 0 saturated carbocycles. The van der Waals surface area contributed by atoms with Crippen LogP contribution in [-0.2, 0) is 13.0 Å². The maximum absolute atomic E-state index is 12.5. The quantitative estimate of drug-likeness (QED) is 0.550. The second-order valence-corrected chi connectivity index (χ2v) is 5.95. The SMILES string of the molecule is O=c1c2cnc3c(cnn3CCc3ccccc3)c2[nH]c2ccnn12. The Bertz CT molecular complexity index is 1260. The molecule has 5 aromatic rings. The molecule has 0 aliphatic rings. The first-order valence-electron chi connectivity index (χ1n) is 8.05. The van der Waals surface area contributed by atoms with E-state index in [0.717, 1.165) is 29.5 Å². The van der Waals surface area contributed by atoms with Gasteiger partial charge in [-0.25, -0.2) is 9.67 Å². The highest BCUT2D eigenvalue weighted by Crippen LogP contribution is 2.20. The molecule has 1 aromatic carbocycles. The van der Waals surface area contributed by atoms with E-state index in [2.05, 4.69) is 32.3 Å². The maximum atomic E-state index is 12.5. The van der Waals surface area contributed by atoms with Gasteiger partial charge in [-0.15, -0.1) is 0 Å². The van der Waals surface area contributed by atoms with Crippen LogP contribution in [0.4, 0.5) is 0 Å². The number of fused-ring (bicyclic) bond motifs is 4. The highest BCUT2D eigenvalue weighted by Gasteiger charge is 2.13. The molecule has 0 unspecified atom stereocenters. The first-order valence-corrected chi connectivity index (χ1v) is 8.05. The number of nitrogens with one attached hydrogen (secondary N) is 1. The summed E-state index contributed by atoms with van der Waals surface area (Å²) in [7, 11) is 0. The van der Waals surface area contributed by atoms with Crippen molar-refractivity contribution in [1.82, 2.24) is 29.4 Å². The van der Waals surface area contributed by atoms with Crippen LogP contribution in [0.2, 0.25) is 0 Å². The van der Waals surface area contributed by atoms with Crippen molar-refractivity contribution in [2.45, 2.75) is 13.0 Å². The number of hydrogen-bond donors (Lipinski definition) is 1. The zero-order valence-corrected chi connectivity index (χ0v) is 13.3. The first kappa shape index (κ1) is 13.9. The van der Waals surface area contributed by atoms with Gasteiger partial charge in [0.2, 0.25) is 0 Å². The second-order valence-electron chi connectivity index (χ2n) is 5.95. The molecule has 0 bridgehead atoms. The minimum Gasteiger partial charge on any atom is -0.339 e. The van der Waals surface area contributed by atoms with Gasteiger partial charge in [-0.1, -0.05) is 30.3 Å². The highest BCUT2D eigenvalue weighted by atomic mass is 16.1. The Hall–Kier alpha value is -3.48. The van der Waals surface area contributed by atoms with Crippen molar-refractivity contribution in [3.05, 3.63) is 70.9 Å². The molecule has 5 rings (SSSR count). The summed E-state index contributed by atoms with van der Waals surface area (Å²) in [5.74, 6) is 0. The molecule has 7 heteroatoms. The Morgan fingerprint density at radius 1 is 1.00 bits per heavy atom. The van der Waals surface area contributed by atoms with E-state index in [1.165, 1.54) is 10.1 Å². The molecular formula is C18H14N6O. The monoisotopic (exact) mass is 330 g/mol. The van der Waals surface area contributed by atoms with Crippen molar-refractivity contribution in [2.24, 2.45) is 0 Å². The molecule has 0 saturated heterocycles. The number of hydrogen-bond acceptors (Lipinski definition) is 4. The summed E-state index contributed by atoms with van der Waals surface area (Å²) in [6.07, 6.45) is 5.83. The number of rotatable bonds is 3. The fourth-order valence-electron chi connectivity index (χ4n) is 3.17. The van der Waals surface area contributed by atoms with E-state index in [-0.39, 0.29) is 5.56 Å². The summed E-state index contributed by atoms with van der Waals surface area (Å²) < 4.78 is 3.22. The third-order valence-corrected chi connectivity index (χ3v) is 4.44. The minimum absolute atomic E-state index is 0.180. The number of aromatic nitrogens is 6. The summed E-state index contributed by atoms with van der Waals surface area (Å²) in [6.45, 7) is 0.727. The molecule has 0 aliphatic heterocycles. The van der Waals surface area contributed by atoms with Crippen LogP contribution in [0.25, 0.3) is 27.6 Å². The van der Waals surface area contributed by atoms with Crippen LogP contribution in [0.1, 0.15) is 5.56 Å². The molecule has 4 aromatic heterocycles. The number of aromatic amines is 1. The van der Waals surface area contributed by atoms with Crippen molar-refractivity contribution in [3.63, 3.8) is 0 Å². The molecule has 0 fully saturated rings. The molecule has 7 nitrogen and oxygen atoms in total. The van der Waals surface area contributed by atoms with E-state index >= 15 is 0 Å². The van der Waals surface area contributed by atoms with Gasteiger partial charge >= 0.3 is 0 Å². The number of H-pyrrole nitrogens is 1.